The van der Waals surface area contributed by atoms with Gasteiger partial charge in [-0.1, -0.05) is 13.8 Å². The minimum absolute atomic E-state index is 0.0218. The van der Waals surface area contributed by atoms with Gasteiger partial charge in [-0.2, -0.15) is 0 Å². The second-order valence-corrected chi connectivity index (χ2v) is 4.69. The Morgan fingerprint density at radius 2 is 2.41 bits per heavy atom. The third-order valence-corrected chi connectivity index (χ3v) is 2.45. The molecule has 0 spiro atoms. The van der Waals surface area contributed by atoms with Crippen molar-refractivity contribution in [2.24, 2.45) is 5.92 Å². The summed E-state index contributed by atoms with van der Waals surface area (Å²) in [7, 11) is 0. The predicted octanol–water partition coefficient (Wildman–Crippen LogP) is 0.154. The van der Waals surface area contributed by atoms with E-state index in [0.29, 0.717) is 32.3 Å². The molecule has 1 rings (SSSR count). The minimum Gasteiger partial charge on any atom is -0.381 e. The molecule has 0 aromatic rings. The van der Waals surface area contributed by atoms with Gasteiger partial charge in [0, 0.05) is 26.3 Å². The van der Waals surface area contributed by atoms with Gasteiger partial charge in [0.2, 0.25) is 5.91 Å². The lowest BCUT2D eigenvalue weighted by Gasteiger charge is -2.22. The average Bonchev–Trinajstić information content (AvgIpc) is 2.34. The van der Waals surface area contributed by atoms with Crippen LogP contribution in [0.2, 0.25) is 0 Å². The van der Waals surface area contributed by atoms with Crippen LogP contribution in [0.5, 0.6) is 0 Å². The standard InChI is InChI=1S/C12H24N2O3/c1-10(2)8-16-6-3-4-14-12(15)11-9-17-7-5-13-11/h10-11,13H,3-9H2,1-2H3,(H,14,15). The Morgan fingerprint density at radius 1 is 1.59 bits per heavy atom. The molecule has 0 aromatic carbocycles. The van der Waals surface area contributed by atoms with Gasteiger partial charge in [0.25, 0.3) is 0 Å². The molecule has 100 valence electrons. The first kappa shape index (κ1) is 14.4. The van der Waals surface area contributed by atoms with Gasteiger partial charge in [0.05, 0.1) is 13.2 Å². The Labute approximate surface area is 103 Å². The van der Waals surface area contributed by atoms with E-state index in [1.54, 1.807) is 0 Å². The van der Waals surface area contributed by atoms with E-state index in [0.717, 1.165) is 19.6 Å². The van der Waals surface area contributed by atoms with Gasteiger partial charge in [-0.3, -0.25) is 4.79 Å². The maximum atomic E-state index is 11.6. The summed E-state index contributed by atoms with van der Waals surface area (Å²) in [5.74, 6) is 0.585. The molecule has 1 saturated heterocycles. The maximum absolute atomic E-state index is 11.6. The maximum Gasteiger partial charge on any atom is 0.239 e. The summed E-state index contributed by atoms with van der Waals surface area (Å²) in [6.07, 6.45) is 0.853. The monoisotopic (exact) mass is 244 g/mol. The zero-order chi connectivity index (χ0) is 12.5. The van der Waals surface area contributed by atoms with Crippen molar-refractivity contribution in [3.05, 3.63) is 0 Å². The number of rotatable bonds is 7. The Morgan fingerprint density at radius 3 is 3.06 bits per heavy atom. The second kappa shape index (κ2) is 8.44. The number of hydrogen-bond donors (Lipinski definition) is 2. The van der Waals surface area contributed by atoms with E-state index >= 15 is 0 Å². The molecule has 5 heteroatoms. The van der Waals surface area contributed by atoms with Crippen LogP contribution in [0.3, 0.4) is 0 Å². The molecule has 1 aliphatic heterocycles. The zero-order valence-corrected chi connectivity index (χ0v) is 10.8. The lowest BCUT2D eigenvalue weighted by atomic mass is 10.2. The number of nitrogens with one attached hydrogen (secondary N) is 2. The second-order valence-electron chi connectivity index (χ2n) is 4.69. The van der Waals surface area contributed by atoms with Crippen molar-refractivity contribution in [3.63, 3.8) is 0 Å². The molecule has 1 amide bonds. The lowest BCUT2D eigenvalue weighted by Crippen LogP contribution is -2.51. The van der Waals surface area contributed by atoms with Crippen LogP contribution in [0.4, 0.5) is 0 Å². The summed E-state index contributed by atoms with van der Waals surface area (Å²) >= 11 is 0. The van der Waals surface area contributed by atoms with Crippen molar-refractivity contribution < 1.29 is 14.3 Å². The lowest BCUT2D eigenvalue weighted by molar-refractivity contribution is -0.125. The van der Waals surface area contributed by atoms with Crippen molar-refractivity contribution in [1.29, 1.82) is 0 Å². The van der Waals surface area contributed by atoms with Gasteiger partial charge in [-0.15, -0.1) is 0 Å². The summed E-state index contributed by atoms with van der Waals surface area (Å²) in [4.78, 5) is 11.6. The van der Waals surface area contributed by atoms with Crippen LogP contribution < -0.4 is 10.6 Å². The topological polar surface area (TPSA) is 59.6 Å². The molecule has 17 heavy (non-hydrogen) atoms. The Bertz CT molecular complexity index is 216. The first-order valence-electron chi connectivity index (χ1n) is 6.36. The predicted molar refractivity (Wildman–Crippen MR) is 65.9 cm³/mol. The SMILES string of the molecule is CC(C)COCCCNC(=O)C1COCCN1. The summed E-state index contributed by atoms with van der Waals surface area (Å²) in [6.45, 7) is 8.29. The molecule has 2 N–H and O–H groups in total. The molecule has 0 aliphatic carbocycles. The van der Waals surface area contributed by atoms with Crippen LogP contribution in [0.1, 0.15) is 20.3 Å². The van der Waals surface area contributed by atoms with Gasteiger partial charge >= 0.3 is 0 Å². The highest BCUT2D eigenvalue weighted by Gasteiger charge is 2.20. The van der Waals surface area contributed by atoms with E-state index in [2.05, 4.69) is 24.5 Å². The molecule has 1 aliphatic rings. The van der Waals surface area contributed by atoms with Gasteiger partial charge in [0.1, 0.15) is 6.04 Å². The number of morpholine rings is 1. The number of amides is 1. The van der Waals surface area contributed by atoms with Crippen LogP contribution in [-0.2, 0) is 14.3 Å². The Balaban J connectivity index is 1.96. The van der Waals surface area contributed by atoms with Crippen molar-refractivity contribution in [3.8, 4) is 0 Å². The third-order valence-electron chi connectivity index (χ3n) is 2.45. The first-order valence-corrected chi connectivity index (χ1v) is 6.36. The van der Waals surface area contributed by atoms with E-state index in [4.69, 9.17) is 9.47 Å². The molecule has 1 heterocycles. The van der Waals surface area contributed by atoms with Crippen LogP contribution >= 0.6 is 0 Å². The smallest absolute Gasteiger partial charge is 0.239 e. The van der Waals surface area contributed by atoms with E-state index in [1.165, 1.54) is 0 Å². The largest absolute Gasteiger partial charge is 0.381 e. The van der Waals surface area contributed by atoms with Crippen molar-refractivity contribution >= 4 is 5.91 Å². The molecule has 1 atom stereocenters. The highest BCUT2D eigenvalue weighted by molar-refractivity contribution is 5.81. The molecule has 0 aromatic heterocycles. The van der Waals surface area contributed by atoms with Crippen molar-refractivity contribution in [2.45, 2.75) is 26.3 Å². The number of carbonyl (C=O) groups excluding carboxylic acids is 1. The van der Waals surface area contributed by atoms with E-state index < -0.39 is 0 Å². The average molecular weight is 244 g/mol. The van der Waals surface area contributed by atoms with E-state index in [-0.39, 0.29) is 11.9 Å². The number of ether oxygens (including phenoxy) is 2. The van der Waals surface area contributed by atoms with Gasteiger partial charge < -0.3 is 20.1 Å². The summed E-state index contributed by atoms with van der Waals surface area (Å²) in [5, 5.41) is 6.00. The van der Waals surface area contributed by atoms with Crippen LogP contribution in [-0.4, -0.2) is 51.5 Å². The number of carbonyl (C=O) groups is 1. The Kier molecular flexibility index (Phi) is 7.16. The van der Waals surface area contributed by atoms with Gasteiger partial charge in [-0.25, -0.2) is 0 Å². The zero-order valence-electron chi connectivity index (χ0n) is 10.8. The third kappa shape index (κ3) is 6.61. The Hall–Kier alpha value is -0.650. The van der Waals surface area contributed by atoms with Gasteiger partial charge in [0.15, 0.2) is 0 Å². The molecule has 5 nitrogen and oxygen atoms in total. The van der Waals surface area contributed by atoms with Crippen molar-refractivity contribution in [1.82, 2.24) is 10.6 Å². The van der Waals surface area contributed by atoms with Crippen molar-refractivity contribution in [2.75, 3.05) is 39.5 Å². The summed E-state index contributed by atoms with van der Waals surface area (Å²) in [5.41, 5.74) is 0. The molecular weight excluding hydrogens is 220 g/mol. The summed E-state index contributed by atoms with van der Waals surface area (Å²) in [6, 6.07) is -0.194. The molecule has 1 unspecified atom stereocenters. The fourth-order valence-corrected chi connectivity index (χ4v) is 1.56. The first-order chi connectivity index (χ1) is 8.20. The highest BCUT2D eigenvalue weighted by Crippen LogP contribution is 1.94. The van der Waals surface area contributed by atoms with Crippen LogP contribution in [0.15, 0.2) is 0 Å². The fraction of sp³-hybridized carbons (Fsp3) is 0.917. The molecule has 0 saturated carbocycles. The normalized spacial score (nSPS) is 20.5. The van der Waals surface area contributed by atoms with E-state index in [1.807, 2.05) is 0 Å². The van der Waals surface area contributed by atoms with Crippen LogP contribution in [0.25, 0.3) is 0 Å². The van der Waals surface area contributed by atoms with E-state index in [9.17, 15) is 4.79 Å². The number of hydrogen-bond acceptors (Lipinski definition) is 4. The molecule has 0 bridgehead atoms. The molecule has 0 radical (unpaired) electrons. The fourth-order valence-electron chi connectivity index (χ4n) is 1.56. The highest BCUT2D eigenvalue weighted by atomic mass is 16.5. The summed E-state index contributed by atoms with van der Waals surface area (Å²) < 4.78 is 10.7. The van der Waals surface area contributed by atoms with Crippen LogP contribution in [0, 0.1) is 5.92 Å². The quantitative estimate of drug-likeness (QED) is 0.626. The molecular formula is C12H24N2O3. The molecule has 1 fully saturated rings. The minimum atomic E-state index is -0.194. The van der Waals surface area contributed by atoms with Gasteiger partial charge in [-0.05, 0) is 12.3 Å².